The molecule has 7 nitrogen and oxygen atoms in total. The minimum atomic E-state index is -3.21. The van der Waals surface area contributed by atoms with Gasteiger partial charge in [-0.1, -0.05) is 18.2 Å². The van der Waals surface area contributed by atoms with E-state index >= 15 is 0 Å². The molecule has 0 amide bonds. The normalized spacial score (nSPS) is 11.8. The molecule has 8 heteroatoms. The zero-order chi connectivity index (χ0) is 21.4. The first-order valence-corrected chi connectivity index (χ1v) is 11.2. The third kappa shape index (κ3) is 6.39. The molecule has 2 rings (SSSR count). The SMILES string of the molecule is CCOc1cc(CNC(=NC)NCc2ccc(S(C)(=O)=O)c(C)c2)ccc1OC. The van der Waals surface area contributed by atoms with Crippen LogP contribution in [0.25, 0.3) is 0 Å². The van der Waals surface area contributed by atoms with Crippen LogP contribution in [0.1, 0.15) is 23.6 Å². The van der Waals surface area contributed by atoms with Gasteiger partial charge in [-0.2, -0.15) is 0 Å². The highest BCUT2D eigenvalue weighted by molar-refractivity contribution is 7.90. The van der Waals surface area contributed by atoms with Crippen molar-refractivity contribution in [2.24, 2.45) is 4.99 Å². The third-order valence-corrected chi connectivity index (χ3v) is 5.57. The van der Waals surface area contributed by atoms with Crippen molar-refractivity contribution in [3.63, 3.8) is 0 Å². The van der Waals surface area contributed by atoms with Crippen molar-refractivity contribution in [3.05, 3.63) is 53.1 Å². The standard InChI is InChI=1S/C21H29N3O4S/c1-6-28-19-12-17(7-9-18(19)27-4)14-24-21(22-3)23-13-16-8-10-20(15(2)11-16)29(5,25)26/h7-12H,6,13-14H2,1-5H3,(H2,22,23,24). The summed E-state index contributed by atoms with van der Waals surface area (Å²) in [6.07, 6.45) is 1.22. The maximum atomic E-state index is 11.7. The number of methoxy groups -OCH3 is 1. The highest BCUT2D eigenvalue weighted by Crippen LogP contribution is 2.28. The van der Waals surface area contributed by atoms with Crippen LogP contribution in [0.3, 0.4) is 0 Å². The predicted octanol–water partition coefficient (Wildman–Crippen LogP) is 2.67. The Labute approximate surface area is 173 Å². The lowest BCUT2D eigenvalue weighted by Gasteiger charge is -2.14. The van der Waals surface area contributed by atoms with E-state index in [0.717, 1.165) is 16.7 Å². The van der Waals surface area contributed by atoms with Crippen LogP contribution in [0.4, 0.5) is 0 Å². The molecule has 0 saturated carbocycles. The van der Waals surface area contributed by atoms with Crippen LogP contribution in [-0.2, 0) is 22.9 Å². The van der Waals surface area contributed by atoms with Gasteiger partial charge in [-0.3, -0.25) is 4.99 Å². The van der Waals surface area contributed by atoms with Crippen LogP contribution in [0, 0.1) is 6.92 Å². The van der Waals surface area contributed by atoms with Gasteiger partial charge in [0.2, 0.25) is 0 Å². The summed E-state index contributed by atoms with van der Waals surface area (Å²) in [5.41, 5.74) is 2.74. The molecule has 0 atom stereocenters. The van der Waals surface area contributed by atoms with Crippen LogP contribution >= 0.6 is 0 Å². The lowest BCUT2D eigenvalue weighted by molar-refractivity contribution is 0.310. The molecule has 0 aromatic heterocycles. The zero-order valence-electron chi connectivity index (χ0n) is 17.6. The average Bonchev–Trinajstić information content (AvgIpc) is 2.67. The number of guanidine groups is 1. The van der Waals surface area contributed by atoms with E-state index < -0.39 is 9.84 Å². The van der Waals surface area contributed by atoms with E-state index in [9.17, 15) is 8.42 Å². The minimum absolute atomic E-state index is 0.355. The topological polar surface area (TPSA) is 89.0 Å². The number of benzene rings is 2. The van der Waals surface area contributed by atoms with Crippen LogP contribution in [0.5, 0.6) is 11.5 Å². The minimum Gasteiger partial charge on any atom is -0.493 e. The number of nitrogens with zero attached hydrogens (tertiary/aromatic N) is 1. The molecular weight excluding hydrogens is 390 g/mol. The molecule has 0 aliphatic rings. The highest BCUT2D eigenvalue weighted by atomic mass is 32.2. The lowest BCUT2D eigenvalue weighted by atomic mass is 10.1. The average molecular weight is 420 g/mol. The van der Waals surface area contributed by atoms with Gasteiger partial charge in [-0.05, 0) is 48.7 Å². The van der Waals surface area contributed by atoms with Crippen LogP contribution in [0.2, 0.25) is 0 Å². The monoisotopic (exact) mass is 419 g/mol. The summed E-state index contributed by atoms with van der Waals surface area (Å²) >= 11 is 0. The van der Waals surface area contributed by atoms with Gasteiger partial charge in [0.25, 0.3) is 0 Å². The van der Waals surface area contributed by atoms with Gasteiger partial charge in [-0.15, -0.1) is 0 Å². The number of hydrogen-bond donors (Lipinski definition) is 2. The number of aryl methyl sites for hydroxylation is 1. The Morgan fingerprint density at radius 1 is 1.03 bits per heavy atom. The first-order chi connectivity index (χ1) is 13.8. The highest BCUT2D eigenvalue weighted by Gasteiger charge is 2.11. The fourth-order valence-electron chi connectivity index (χ4n) is 2.93. The Bertz CT molecular complexity index is 972. The molecule has 0 saturated heterocycles. The lowest BCUT2D eigenvalue weighted by Crippen LogP contribution is -2.36. The first-order valence-electron chi connectivity index (χ1n) is 9.32. The van der Waals surface area contributed by atoms with E-state index in [4.69, 9.17) is 9.47 Å². The molecule has 0 bridgehead atoms. The molecular formula is C21H29N3O4S. The fourth-order valence-corrected chi connectivity index (χ4v) is 3.89. The van der Waals surface area contributed by atoms with Crippen molar-refractivity contribution in [3.8, 4) is 11.5 Å². The Hall–Kier alpha value is -2.74. The van der Waals surface area contributed by atoms with Crippen molar-refractivity contribution >= 4 is 15.8 Å². The number of ether oxygens (including phenoxy) is 2. The molecule has 0 heterocycles. The van der Waals surface area contributed by atoms with Gasteiger partial charge >= 0.3 is 0 Å². The first kappa shape index (κ1) is 22.5. The number of rotatable bonds is 8. The summed E-state index contributed by atoms with van der Waals surface area (Å²) in [5, 5.41) is 6.50. The van der Waals surface area contributed by atoms with E-state index in [-0.39, 0.29) is 0 Å². The van der Waals surface area contributed by atoms with E-state index in [1.54, 1.807) is 27.1 Å². The van der Waals surface area contributed by atoms with Gasteiger partial charge in [0.1, 0.15) is 0 Å². The number of hydrogen-bond acceptors (Lipinski definition) is 5. The number of aliphatic imine (C=N–C) groups is 1. The smallest absolute Gasteiger partial charge is 0.191 e. The van der Waals surface area contributed by atoms with Gasteiger partial charge in [0.15, 0.2) is 27.3 Å². The fraction of sp³-hybridized carbons (Fsp3) is 0.381. The molecule has 0 fully saturated rings. The molecule has 0 unspecified atom stereocenters. The molecule has 158 valence electrons. The van der Waals surface area contributed by atoms with Crippen LogP contribution in [0.15, 0.2) is 46.3 Å². The molecule has 0 aliphatic heterocycles. The van der Waals surface area contributed by atoms with Crippen molar-refractivity contribution in [1.29, 1.82) is 0 Å². The third-order valence-electron chi connectivity index (χ3n) is 4.31. The predicted molar refractivity (Wildman–Crippen MR) is 115 cm³/mol. The van der Waals surface area contributed by atoms with E-state index in [2.05, 4.69) is 15.6 Å². The summed E-state index contributed by atoms with van der Waals surface area (Å²) in [6, 6.07) is 11.1. The molecule has 2 aromatic carbocycles. The van der Waals surface area contributed by atoms with E-state index in [1.165, 1.54) is 6.26 Å². The quantitative estimate of drug-likeness (QED) is 0.505. The molecule has 0 aliphatic carbocycles. The Morgan fingerprint density at radius 2 is 1.66 bits per heavy atom. The van der Waals surface area contributed by atoms with E-state index in [0.29, 0.717) is 42.1 Å². The summed E-state index contributed by atoms with van der Waals surface area (Å²) < 4.78 is 34.4. The summed E-state index contributed by atoms with van der Waals surface area (Å²) in [5.74, 6) is 2.05. The second-order valence-corrected chi connectivity index (χ2v) is 8.55. The maximum Gasteiger partial charge on any atom is 0.191 e. The summed E-state index contributed by atoms with van der Waals surface area (Å²) in [7, 11) is 0.104. The van der Waals surface area contributed by atoms with Gasteiger partial charge in [0.05, 0.1) is 18.6 Å². The second-order valence-electron chi connectivity index (χ2n) is 6.57. The second kappa shape index (κ2) is 10.2. The van der Waals surface area contributed by atoms with Gasteiger partial charge in [-0.25, -0.2) is 8.42 Å². The molecule has 2 N–H and O–H groups in total. The van der Waals surface area contributed by atoms with Crippen molar-refractivity contribution in [2.45, 2.75) is 31.8 Å². The summed E-state index contributed by atoms with van der Waals surface area (Å²) in [6.45, 7) is 5.38. The van der Waals surface area contributed by atoms with Crippen LogP contribution in [-0.4, -0.2) is 41.4 Å². The number of sulfone groups is 1. The molecule has 2 aromatic rings. The van der Waals surface area contributed by atoms with Crippen molar-refractivity contribution < 1.29 is 17.9 Å². The van der Waals surface area contributed by atoms with Gasteiger partial charge in [0, 0.05) is 26.4 Å². The Morgan fingerprint density at radius 3 is 2.17 bits per heavy atom. The van der Waals surface area contributed by atoms with E-state index in [1.807, 2.05) is 37.3 Å². The zero-order valence-corrected chi connectivity index (χ0v) is 18.4. The maximum absolute atomic E-state index is 11.7. The van der Waals surface area contributed by atoms with Gasteiger partial charge < -0.3 is 20.1 Å². The largest absolute Gasteiger partial charge is 0.493 e. The molecule has 0 radical (unpaired) electrons. The molecule has 0 spiro atoms. The Kier molecular flexibility index (Phi) is 7.90. The molecule has 29 heavy (non-hydrogen) atoms. The number of nitrogens with one attached hydrogen (secondary N) is 2. The van der Waals surface area contributed by atoms with Crippen LogP contribution < -0.4 is 20.1 Å². The van der Waals surface area contributed by atoms with Crippen molar-refractivity contribution in [1.82, 2.24) is 10.6 Å². The summed E-state index contributed by atoms with van der Waals surface area (Å²) in [4.78, 5) is 4.59. The van der Waals surface area contributed by atoms with Crippen molar-refractivity contribution in [2.75, 3.05) is 27.0 Å². The Balaban J connectivity index is 1.98.